The van der Waals surface area contributed by atoms with Crippen LogP contribution in [0.2, 0.25) is 10.0 Å². The number of H-pyrrole nitrogens is 1. The zero-order chi connectivity index (χ0) is 22.5. The molecule has 1 N–H and O–H groups in total. The predicted octanol–water partition coefficient (Wildman–Crippen LogP) is 4.96. The number of halogens is 2. The predicted molar refractivity (Wildman–Crippen MR) is 119 cm³/mol. The van der Waals surface area contributed by atoms with E-state index in [4.69, 9.17) is 32.7 Å². The summed E-state index contributed by atoms with van der Waals surface area (Å²) in [6.07, 6.45) is 1.75. The van der Waals surface area contributed by atoms with Crippen molar-refractivity contribution < 1.29 is 14.3 Å². The fourth-order valence-electron chi connectivity index (χ4n) is 2.68. The summed E-state index contributed by atoms with van der Waals surface area (Å²) in [6.45, 7) is 2.06. The van der Waals surface area contributed by atoms with Crippen molar-refractivity contribution in [3.05, 3.63) is 67.9 Å². The molecule has 0 radical (unpaired) electrons. The van der Waals surface area contributed by atoms with Gasteiger partial charge in [-0.3, -0.25) is 4.79 Å². The summed E-state index contributed by atoms with van der Waals surface area (Å²) in [4.78, 5) is 31.7. The number of carbonyl (C=O) groups is 1. The van der Waals surface area contributed by atoms with Gasteiger partial charge in [-0.2, -0.15) is 5.26 Å². The molecule has 1 aromatic heterocycles. The molecule has 10 heteroatoms. The average Bonchev–Trinajstić information content (AvgIpc) is 2.74. The maximum Gasteiger partial charge on any atom is 0.345 e. The fourth-order valence-corrected chi connectivity index (χ4v) is 3.54. The highest BCUT2D eigenvalue weighted by Gasteiger charge is 2.19. The van der Waals surface area contributed by atoms with Crippen LogP contribution in [0.25, 0.3) is 11.3 Å². The van der Waals surface area contributed by atoms with E-state index in [2.05, 4.69) is 9.97 Å². The van der Waals surface area contributed by atoms with E-state index in [1.165, 1.54) is 36.0 Å². The molecule has 7 nitrogen and oxygen atoms in total. The van der Waals surface area contributed by atoms with Gasteiger partial charge >= 0.3 is 5.97 Å². The van der Waals surface area contributed by atoms with Crippen LogP contribution in [0.1, 0.15) is 22.8 Å². The number of ether oxygens (including phenoxy) is 2. The Balaban J connectivity index is 2.03. The summed E-state index contributed by atoms with van der Waals surface area (Å²) in [5.41, 5.74) is 0.145. The van der Waals surface area contributed by atoms with Crippen molar-refractivity contribution in [3.63, 3.8) is 0 Å². The highest BCUT2D eigenvalue weighted by molar-refractivity contribution is 7.98. The monoisotopic (exact) mass is 475 g/mol. The van der Waals surface area contributed by atoms with Gasteiger partial charge < -0.3 is 14.5 Å². The molecule has 2 aromatic carbocycles. The van der Waals surface area contributed by atoms with E-state index in [-0.39, 0.29) is 33.3 Å². The molecule has 0 aliphatic rings. The number of esters is 1. The molecule has 0 unspecified atom stereocenters. The third kappa shape index (κ3) is 5.02. The molecule has 3 aromatic rings. The van der Waals surface area contributed by atoms with E-state index in [1.807, 2.05) is 6.07 Å². The number of thioether (sulfide) groups is 1. The van der Waals surface area contributed by atoms with Crippen molar-refractivity contribution in [2.24, 2.45) is 0 Å². The van der Waals surface area contributed by atoms with E-state index >= 15 is 0 Å². The number of aromatic amines is 1. The van der Waals surface area contributed by atoms with Crippen LogP contribution in [0.4, 0.5) is 0 Å². The second-order valence-corrected chi connectivity index (χ2v) is 7.66. The Hall–Kier alpha value is -2.99. The van der Waals surface area contributed by atoms with Crippen molar-refractivity contribution in [2.45, 2.75) is 12.1 Å². The normalized spacial score (nSPS) is 10.4. The second kappa shape index (κ2) is 9.88. The zero-order valence-electron chi connectivity index (χ0n) is 16.4. The summed E-state index contributed by atoms with van der Waals surface area (Å²) >= 11 is 13.2. The lowest BCUT2D eigenvalue weighted by molar-refractivity contribution is 0.0728. The maximum atomic E-state index is 12.6. The molecule has 0 spiro atoms. The molecule has 0 amide bonds. The van der Waals surface area contributed by atoms with Crippen LogP contribution < -0.4 is 15.0 Å². The Morgan fingerprint density at radius 1 is 1.23 bits per heavy atom. The van der Waals surface area contributed by atoms with Crippen LogP contribution in [0, 0.1) is 11.3 Å². The number of hydrogen-bond donors (Lipinski definition) is 1. The first-order chi connectivity index (χ1) is 14.9. The number of nitriles is 1. The topological polar surface area (TPSA) is 105 Å². The van der Waals surface area contributed by atoms with E-state index in [9.17, 15) is 14.9 Å². The average molecular weight is 476 g/mol. The van der Waals surface area contributed by atoms with Crippen molar-refractivity contribution >= 4 is 40.9 Å². The van der Waals surface area contributed by atoms with Gasteiger partial charge in [0.1, 0.15) is 11.6 Å². The number of carbonyl (C=O) groups excluding carboxylic acids is 1. The van der Waals surface area contributed by atoms with Crippen LogP contribution in [-0.4, -0.2) is 28.8 Å². The molecule has 0 bridgehead atoms. The molecule has 0 atom stereocenters. The summed E-state index contributed by atoms with van der Waals surface area (Å²) in [5, 5.41) is 10.3. The lowest BCUT2D eigenvalue weighted by atomic mass is 10.1. The maximum absolute atomic E-state index is 12.6. The second-order valence-electron chi connectivity index (χ2n) is 6.02. The Morgan fingerprint density at radius 2 is 2.00 bits per heavy atom. The third-order valence-corrected chi connectivity index (χ3v) is 5.20. The number of nitrogens with one attached hydrogen (secondary N) is 1. The summed E-state index contributed by atoms with van der Waals surface area (Å²) in [5.74, 6) is -0.294. The molecular formula is C21H15Cl2N3O4S. The number of hydrogen-bond acceptors (Lipinski definition) is 7. The molecular weight excluding hydrogens is 461 g/mol. The minimum absolute atomic E-state index is 0.127. The van der Waals surface area contributed by atoms with E-state index in [1.54, 1.807) is 25.3 Å². The van der Waals surface area contributed by atoms with Gasteiger partial charge in [-0.05, 0) is 49.6 Å². The number of benzene rings is 2. The molecule has 1 heterocycles. The zero-order valence-corrected chi connectivity index (χ0v) is 18.7. The standard InChI is InChI=1S/C21H15Cl2N3O4S/c1-3-29-17-8-11(18-14(10-24)19(27)26-21(25-18)31-2)4-7-16(17)30-20(28)13-6-5-12(22)9-15(13)23/h4-9H,3H2,1-2H3,(H,25,26,27). The van der Waals surface area contributed by atoms with E-state index in [0.717, 1.165) is 0 Å². The number of aromatic nitrogens is 2. The van der Waals surface area contributed by atoms with Gasteiger partial charge in [0.15, 0.2) is 16.7 Å². The van der Waals surface area contributed by atoms with Gasteiger partial charge in [-0.25, -0.2) is 9.78 Å². The molecule has 0 saturated carbocycles. The van der Waals surface area contributed by atoms with E-state index < -0.39 is 11.5 Å². The molecule has 0 fully saturated rings. The van der Waals surface area contributed by atoms with Crippen LogP contribution >= 0.6 is 35.0 Å². The fraction of sp³-hybridized carbons (Fsp3) is 0.143. The SMILES string of the molecule is CCOc1cc(-c2nc(SC)[nH]c(=O)c2C#N)ccc1OC(=O)c1ccc(Cl)cc1Cl. The summed E-state index contributed by atoms with van der Waals surface area (Å²) in [7, 11) is 0. The van der Waals surface area contributed by atoms with Gasteiger partial charge in [-0.1, -0.05) is 35.0 Å². The highest BCUT2D eigenvalue weighted by atomic mass is 35.5. The van der Waals surface area contributed by atoms with Crippen LogP contribution in [0.15, 0.2) is 46.3 Å². The minimum Gasteiger partial charge on any atom is -0.490 e. The van der Waals surface area contributed by atoms with Crippen molar-refractivity contribution in [1.29, 1.82) is 5.26 Å². The quantitative estimate of drug-likeness (QED) is 0.232. The Labute approximate surface area is 191 Å². The molecule has 158 valence electrons. The third-order valence-electron chi connectivity index (χ3n) is 4.07. The Kier molecular flexibility index (Phi) is 7.23. The Bertz CT molecular complexity index is 1250. The van der Waals surface area contributed by atoms with E-state index in [0.29, 0.717) is 22.3 Å². The van der Waals surface area contributed by atoms with Gasteiger partial charge in [0.25, 0.3) is 5.56 Å². The molecule has 3 rings (SSSR count). The van der Waals surface area contributed by atoms with Gasteiger partial charge in [0.2, 0.25) is 0 Å². The molecule has 0 saturated heterocycles. The number of rotatable bonds is 6. The largest absolute Gasteiger partial charge is 0.490 e. The van der Waals surface area contributed by atoms with Gasteiger partial charge in [0, 0.05) is 10.6 Å². The molecule has 0 aliphatic carbocycles. The first kappa shape index (κ1) is 22.7. The first-order valence-electron chi connectivity index (χ1n) is 8.90. The van der Waals surface area contributed by atoms with Gasteiger partial charge in [0.05, 0.1) is 22.9 Å². The van der Waals surface area contributed by atoms with Crippen LogP contribution in [0.5, 0.6) is 11.5 Å². The molecule has 31 heavy (non-hydrogen) atoms. The molecule has 0 aliphatic heterocycles. The van der Waals surface area contributed by atoms with Crippen LogP contribution in [-0.2, 0) is 0 Å². The first-order valence-corrected chi connectivity index (χ1v) is 10.9. The smallest absolute Gasteiger partial charge is 0.345 e. The van der Waals surface area contributed by atoms with Crippen LogP contribution in [0.3, 0.4) is 0 Å². The van der Waals surface area contributed by atoms with Gasteiger partial charge in [-0.15, -0.1) is 0 Å². The summed E-state index contributed by atoms with van der Waals surface area (Å²) in [6, 6.07) is 11.0. The Morgan fingerprint density at radius 3 is 2.65 bits per heavy atom. The summed E-state index contributed by atoms with van der Waals surface area (Å²) < 4.78 is 11.1. The number of nitrogens with zero attached hydrogens (tertiary/aromatic N) is 2. The van der Waals surface area contributed by atoms with Crippen molar-refractivity contribution in [1.82, 2.24) is 9.97 Å². The lowest BCUT2D eigenvalue weighted by Gasteiger charge is -2.13. The minimum atomic E-state index is -0.688. The van der Waals surface area contributed by atoms with Crippen molar-refractivity contribution in [2.75, 3.05) is 12.9 Å². The highest BCUT2D eigenvalue weighted by Crippen LogP contribution is 2.34. The van der Waals surface area contributed by atoms with Crippen molar-refractivity contribution in [3.8, 4) is 28.8 Å². The lowest BCUT2D eigenvalue weighted by Crippen LogP contribution is -2.14.